The lowest BCUT2D eigenvalue weighted by Crippen LogP contribution is -2.13. The summed E-state index contributed by atoms with van der Waals surface area (Å²) in [7, 11) is 3.57. The van der Waals surface area contributed by atoms with Crippen LogP contribution in [0.5, 0.6) is 11.5 Å². The molecule has 0 aliphatic carbocycles. The minimum Gasteiger partial charge on any atom is -0.494 e. The Kier molecular flexibility index (Phi) is 5.52. The van der Waals surface area contributed by atoms with Crippen LogP contribution in [0.4, 0.5) is 4.39 Å². The molecule has 0 fully saturated rings. The Balaban J connectivity index is 3.01. The fraction of sp³-hybridized carbons (Fsp3) is 0.231. The standard InChI is InChI=1S/C13H13FO6/c1-17-10-5-4-8(6-9(10)14)20-11(13(16)19-3)7-12(15)18-2/h4-7H,1-3H3/b11-7-. The molecule has 0 aliphatic heterocycles. The van der Waals surface area contributed by atoms with Gasteiger partial charge in [0.15, 0.2) is 11.6 Å². The second-order valence-corrected chi connectivity index (χ2v) is 3.42. The second kappa shape index (κ2) is 7.13. The number of rotatable bonds is 5. The van der Waals surface area contributed by atoms with Crippen LogP contribution in [0.3, 0.4) is 0 Å². The van der Waals surface area contributed by atoms with Crippen LogP contribution >= 0.6 is 0 Å². The van der Waals surface area contributed by atoms with Gasteiger partial charge in [0.2, 0.25) is 5.76 Å². The van der Waals surface area contributed by atoms with E-state index in [-0.39, 0.29) is 11.5 Å². The van der Waals surface area contributed by atoms with Crippen molar-refractivity contribution in [2.75, 3.05) is 21.3 Å². The highest BCUT2D eigenvalue weighted by Crippen LogP contribution is 2.23. The third-order valence-electron chi connectivity index (χ3n) is 2.19. The molecule has 0 saturated carbocycles. The van der Waals surface area contributed by atoms with E-state index in [0.29, 0.717) is 0 Å². The lowest BCUT2D eigenvalue weighted by Gasteiger charge is -2.09. The number of benzene rings is 1. The van der Waals surface area contributed by atoms with E-state index in [1.54, 1.807) is 0 Å². The molecule has 0 bridgehead atoms. The van der Waals surface area contributed by atoms with Gasteiger partial charge in [0, 0.05) is 6.07 Å². The fourth-order valence-corrected chi connectivity index (χ4v) is 1.23. The first kappa shape index (κ1) is 15.5. The third-order valence-corrected chi connectivity index (χ3v) is 2.19. The quantitative estimate of drug-likeness (QED) is 0.463. The molecule has 0 unspecified atom stereocenters. The lowest BCUT2D eigenvalue weighted by atomic mass is 10.3. The predicted octanol–water partition coefficient (Wildman–Crippen LogP) is 1.44. The highest BCUT2D eigenvalue weighted by molar-refractivity contribution is 5.95. The minimum absolute atomic E-state index is 0.00357. The van der Waals surface area contributed by atoms with Crippen molar-refractivity contribution in [1.82, 2.24) is 0 Å². The zero-order valence-corrected chi connectivity index (χ0v) is 11.1. The van der Waals surface area contributed by atoms with Crippen LogP contribution in [-0.4, -0.2) is 33.3 Å². The van der Waals surface area contributed by atoms with Crippen molar-refractivity contribution in [2.24, 2.45) is 0 Å². The maximum Gasteiger partial charge on any atom is 0.374 e. The maximum atomic E-state index is 13.5. The van der Waals surface area contributed by atoms with Gasteiger partial charge in [-0.2, -0.15) is 0 Å². The molecule has 0 aromatic heterocycles. The summed E-state index contributed by atoms with van der Waals surface area (Å²) < 4.78 is 32.2. The minimum atomic E-state index is -0.897. The van der Waals surface area contributed by atoms with Crippen LogP contribution < -0.4 is 9.47 Å². The first-order valence-electron chi connectivity index (χ1n) is 5.41. The first-order valence-corrected chi connectivity index (χ1v) is 5.41. The van der Waals surface area contributed by atoms with Gasteiger partial charge in [-0.1, -0.05) is 0 Å². The number of hydrogen-bond donors (Lipinski definition) is 0. The van der Waals surface area contributed by atoms with Gasteiger partial charge in [0.25, 0.3) is 0 Å². The number of hydrogen-bond acceptors (Lipinski definition) is 6. The van der Waals surface area contributed by atoms with Gasteiger partial charge in [0.1, 0.15) is 5.75 Å². The number of methoxy groups -OCH3 is 3. The molecule has 0 radical (unpaired) electrons. The molecule has 0 N–H and O–H groups in total. The summed E-state index contributed by atoms with van der Waals surface area (Å²) in [4.78, 5) is 22.6. The van der Waals surface area contributed by atoms with E-state index < -0.39 is 23.5 Å². The SMILES string of the molecule is COC(=O)/C=C(\Oc1ccc(OC)c(F)c1)C(=O)OC. The number of carbonyl (C=O) groups is 2. The molecule has 0 spiro atoms. The molecule has 108 valence electrons. The topological polar surface area (TPSA) is 71.1 Å². The summed E-state index contributed by atoms with van der Waals surface area (Å²) >= 11 is 0. The molecule has 6 nitrogen and oxygen atoms in total. The predicted molar refractivity (Wildman–Crippen MR) is 65.7 cm³/mol. The molecular weight excluding hydrogens is 271 g/mol. The largest absolute Gasteiger partial charge is 0.494 e. The summed E-state index contributed by atoms with van der Waals surface area (Å²) in [6.07, 6.45) is 0.800. The Morgan fingerprint density at radius 2 is 1.85 bits per heavy atom. The molecule has 1 aromatic carbocycles. The smallest absolute Gasteiger partial charge is 0.374 e. The monoisotopic (exact) mass is 284 g/mol. The zero-order valence-electron chi connectivity index (χ0n) is 11.1. The number of halogens is 1. The van der Waals surface area contributed by atoms with Gasteiger partial charge in [-0.25, -0.2) is 14.0 Å². The Morgan fingerprint density at radius 1 is 1.15 bits per heavy atom. The molecule has 0 aliphatic rings. The number of carbonyl (C=O) groups excluding carboxylic acids is 2. The Bertz CT molecular complexity index is 538. The normalized spacial score (nSPS) is 10.7. The van der Waals surface area contributed by atoms with Gasteiger partial charge < -0.3 is 18.9 Å². The van der Waals surface area contributed by atoms with Crippen molar-refractivity contribution >= 4 is 11.9 Å². The van der Waals surface area contributed by atoms with E-state index in [4.69, 9.17) is 9.47 Å². The summed E-state index contributed by atoms with van der Waals surface area (Å²) in [6.45, 7) is 0. The van der Waals surface area contributed by atoms with Crippen molar-refractivity contribution in [2.45, 2.75) is 0 Å². The summed E-state index contributed by atoms with van der Waals surface area (Å²) in [6, 6.07) is 3.70. The molecule has 0 saturated heterocycles. The maximum absolute atomic E-state index is 13.5. The molecule has 1 rings (SSSR count). The van der Waals surface area contributed by atoms with Crippen molar-refractivity contribution in [3.05, 3.63) is 35.9 Å². The summed E-state index contributed by atoms with van der Waals surface area (Å²) in [5.74, 6) is -2.78. The van der Waals surface area contributed by atoms with E-state index in [1.807, 2.05) is 0 Å². The van der Waals surface area contributed by atoms with Gasteiger partial charge in [-0.3, -0.25) is 0 Å². The second-order valence-electron chi connectivity index (χ2n) is 3.42. The van der Waals surface area contributed by atoms with E-state index in [0.717, 1.165) is 26.4 Å². The number of ether oxygens (including phenoxy) is 4. The van der Waals surface area contributed by atoms with Crippen LogP contribution in [0.2, 0.25) is 0 Å². The van der Waals surface area contributed by atoms with Gasteiger partial charge in [-0.05, 0) is 12.1 Å². The Labute approximate surface area is 114 Å². The highest BCUT2D eigenvalue weighted by atomic mass is 19.1. The van der Waals surface area contributed by atoms with Gasteiger partial charge >= 0.3 is 11.9 Å². The molecule has 0 amide bonds. The molecular formula is C13H13FO6. The van der Waals surface area contributed by atoms with Gasteiger partial charge in [0.05, 0.1) is 27.4 Å². The molecule has 7 heteroatoms. The first-order chi connectivity index (χ1) is 9.51. The van der Waals surface area contributed by atoms with Crippen LogP contribution in [0.15, 0.2) is 30.0 Å². The lowest BCUT2D eigenvalue weighted by molar-refractivity contribution is -0.140. The highest BCUT2D eigenvalue weighted by Gasteiger charge is 2.16. The molecule has 0 atom stereocenters. The van der Waals surface area contributed by atoms with Crippen LogP contribution in [0.25, 0.3) is 0 Å². The summed E-state index contributed by atoms with van der Waals surface area (Å²) in [5, 5.41) is 0. The van der Waals surface area contributed by atoms with Crippen LogP contribution in [0.1, 0.15) is 0 Å². The molecule has 20 heavy (non-hydrogen) atoms. The molecule has 1 aromatic rings. The average Bonchev–Trinajstić information content (AvgIpc) is 2.45. The average molecular weight is 284 g/mol. The number of esters is 2. The Morgan fingerprint density at radius 3 is 2.35 bits per heavy atom. The van der Waals surface area contributed by atoms with Crippen molar-refractivity contribution in [3.63, 3.8) is 0 Å². The van der Waals surface area contributed by atoms with Crippen molar-refractivity contribution < 1.29 is 32.9 Å². The fourth-order valence-electron chi connectivity index (χ4n) is 1.23. The molecule has 0 heterocycles. The van der Waals surface area contributed by atoms with Crippen molar-refractivity contribution in [1.29, 1.82) is 0 Å². The van der Waals surface area contributed by atoms with Gasteiger partial charge in [-0.15, -0.1) is 0 Å². The third kappa shape index (κ3) is 3.98. The van der Waals surface area contributed by atoms with Crippen LogP contribution in [0, 0.1) is 5.82 Å². The van der Waals surface area contributed by atoms with E-state index in [9.17, 15) is 14.0 Å². The van der Waals surface area contributed by atoms with E-state index in [1.165, 1.54) is 19.2 Å². The van der Waals surface area contributed by atoms with Crippen molar-refractivity contribution in [3.8, 4) is 11.5 Å². The Hall–Kier alpha value is -2.57. The van der Waals surface area contributed by atoms with E-state index in [2.05, 4.69) is 9.47 Å². The van der Waals surface area contributed by atoms with Crippen LogP contribution in [-0.2, 0) is 19.1 Å². The zero-order chi connectivity index (χ0) is 15.1. The summed E-state index contributed by atoms with van der Waals surface area (Å²) in [5.41, 5.74) is 0. The van der Waals surface area contributed by atoms with E-state index >= 15 is 0 Å².